The Labute approximate surface area is 137 Å². The maximum absolute atomic E-state index is 11.6. The van der Waals surface area contributed by atoms with Gasteiger partial charge in [0.15, 0.2) is 0 Å². The number of carboxylic acid groups (broad SMARTS) is 1. The van der Waals surface area contributed by atoms with Crippen LogP contribution >= 0.6 is 11.6 Å². The van der Waals surface area contributed by atoms with Gasteiger partial charge in [0.25, 0.3) is 0 Å². The zero-order chi connectivity index (χ0) is 16.2. The Morgan fingerprint density at radius 2 is 1.78 bits per heavy atom. The number of anilines is 2. The van der Waals surface area contributed by atoms with E-state index in [1.54, 1.807) is 54.7 Å². The second-order valence-corrected chi connectivity index (χ2v) is 4.95. The molecule has 0 atom stereocenters. The van der Waals surface area contributed by atoms with E-state index in [9.17, 15) is 9.90 Å². The molecule has 0 bridgehead atoms. The van der Waals surface area contributed by atoms with Gasteiger partial charge in [0.2, 0.25) is 5.95 Å². The molecule has 23 heavy (non-hydrogen) atoms. The van der Waals surface area contributed by atoms with Gasteiger partial charge >= 0.3 is 6.09 Å². The van der Waals surface area contributed by atoms with Crippen molar-refractivity contribution in [1.29, 1.82) is 0 Å². The molecule has 6 nitrogen and oxygen atoms in total. The van der Waals surface area contributed by atoms with Gasteiger partial charge in [0, 0.05) is 18.0 Å². The van der Waals surface area contributed by atoms with Crippen molar-refractivity contribution >= 4 is 29.3 Å². The van der Waals surface area contributed by atoms with Crippen LogP contribution in [0.25, 0.3) is 11.3 Å². The number of rotatable bonds is 3. The van der Waals surface area contributed by atoms with E-state index >= 15 is 0 Å². The smallest absolute Gasteiger partial charge is 0.418 e. The van der Waals surface area contributed by atoms with Crippen LogP contribution in [-0.2, 0) is 0 Å². The Kier molecular flexibility index (Phi) is 4.16. The van der Waals surface area contributed by atoms with Crippen molar-refractivity contribution in [1.82, 2.24) is 15.0 Å². The van der Waals surface area contributed by atoms with Gasteiger partial charge in [-0.3, -0.25) is 0 Å². The van der Waals surface area contributed by atoms with Gasteiger partial charge in [0.1, 0.15) is 5.15 Å². The predicted octanol–water partition coefficient (Wildman–Crippen LogP) is 4.01. The van der Waals surface area contributed by atoms with Crippen LogP contribution in [0, 0.1) is 0 Å². The number of amides is 1. The lowest BCUT2D eigenvalue weighted by atomic mass is 10.2. The van der Waals surface area contributed by atoms with Crippen molar-refractivity contribution in [2.45, 2.75) is 0 Å². The van der Waals surface area contributed by atoms with Crippen LogP contribution in [0.2, 0.25) is 5.15 Å². The molecule has 1 amide bonds. The summed E-state index contributed by atoms with van der Waals surface area (Å²) >= 11 is 5.88. The summed E-state index contributed by atoms with van der Waals surface area (Å²) in [7, 11) is 0. The first-order valence-electron chi connectivity index (χ1n) is 6.68. The van der Waals surface area contributed by atoms with Crippen LogP contribution in [0.15, 0.2) is 60.9 Å². The van der Waals surface area contributed by atoms with Crippen LogP contribution < -0.4 is 4.90 Å². The number of hydrogen-bond acceptors (Lipinski definition) is 4. The van der Waals surface area contributed by atoms with Crippen molar-refractivity contribution in [2.75, 3.05) is 4.90 Å². The average molecular weight is 327 g/mol. The summed E-state index contributed by atoms with van der Waals surface area (Å²) in [6, 6.07) is 13.7. The monoisotopic (exact) mass is 326 g/mol. The minimum atomic E-state index is -1.17. The lowest BCUT2D eigenvalue weighted by Gasteiger charge is -2.17. The van der Waals surface area contributed by atoms with E-state index in [0.29, 0.717) is 16.5 Å². The normalized spacial score (nSPS) is 10.3. The third-order valence-corrected chi connectivity index (χ3v) is 3.28. The second kappa shape index (κ2) is 6.41. The van der Waals surface area contributed by atoms with E-state index < -0.39 is 6.09 Å². The Bertz CT molecular complexity index is 842. The maximum atomic E-state index is 11.6. The molecule has 0 unspecified atom stereocenters. The van der Waals surface area contributed by atoms with Gasteiger partial charge in [-0.1, -0.05) is 29.8 Å². The molecule has 0 aliphatic rings. The fourth-order valence-electron chi connectivity index (χ4n) is 2.07. The third kappa shape index (κ3) is 3.27. The van der Waals surface area contributed by atoms with E-state index in [1.807, 2.05) is 0 Å². The molecule has 0 spiro atoms. The van der Waals surface area contributed by atoms with Crippen LogP contribution in [0.4, 0.5) is 16.4 Å². The van der Waals surface area contributed by atoms with Crippen LogP contribution in [0.1, 0.15) is 0 Å². The first-order valence-corrected chi connectivity index (χ1v) is 7.06. The first kappa shape index (κ1) is 14.9. The minimum Gasteiger partial charge on any atom is -0.464 e. The number of pyridine rings is 1. The van der Waals surface area contributed by atoms with Gasteiger partial charge in [-0.25, -0.2) is 24.6 Å². The topological polar surface area (TPSA) is 79.2 Å². The average Bonchev–Trinajstić information content (AvgIpc) is 2.56. The van der Waals surface area contributed by atoms with Crippen molar-refractivity contribution in [3.63, 3.8) is 0 Å². The number of hydrogen-bond donors (Lipinski definition) is 1. The molecule has 0 saturated carbocycles. The third-order valence-electron chi connectivity index (χ3n) is 3.07. The summed E-state index contributed by atoms with van der Waals surface area (Å²) in [5.74, 6) is 0.0640. The van der Waals surface area contributed by atoms with Gasteiger partial charge in [-0.05, 0) is 30.3 Å². The fourth-order valence-corrected chi connectivity index (χ4v) is 2.24. The predicted molar refractivity (Wildman–Crippen MR) is 86.9 cm³/mol. The molecule has 0 saturated heterocycles. The zero-order valence-corrected chi connectivity index (χ0v) is 12.6. The highest BCUT2D eigenvalue weighted by Crippen LogP contribution is 2.25. The number of para-hydroxylation sites is 1. The zero-order valence-electron chi connectivity index (χ0n) is 11.8. The molecule has 1 N–H and O–H groups in total. The highest BCUT2D eigenvalue weighted by molar-refractivity contribution is 6.29. The summed E-state index contributed by atoms with van der Waals surface area (Å²) in [5.41, 5.74) is 1.75. The van der Waals surface area contributed by atoms with Crippen molar-refractivity contribution < 1.29 is 9.90 Å². The molecule has 3 rings (SSSR count). The Hall–Kier alpha value is -2.99. The number of carbonyl (C=O) groups is 1. The van der Waals surface area contributed by atoms with E-state index in [1.165, 1.54) is 6.20 Å². The number of benzene rings is 1. The van der Waals surface area contributed by atoms with Gasteiger partial charge < -0.3 is 5.11 Å². The SMILES string of the molecule is O=C(O)N(c1ccccc1)c1nccc(-c2ccnc(Cl)c2)n1. The van der Waals surface area contributed by atoms with E-state index in [2.05, 4.69) is 15.0 Å². The lowest BCUT2D eigenvalue weighted by molar-refractivity contribution is 0.204. The summed E-state index contributed by atoms with van der Waals surface area (Å²) < 4.78 is 0. The Morgan fingerprint density at radius 1 is 1.04 bits per heavy atom. The molecular weight excluding hydrogens is 316 g/mol. The van der Waals surface area contributed by atoms with E-state index in [-0.39, 0.29) is 5.95 Å². The van der Waals surface area contributed by atoms with Crippen LogP contribution in [0.5, 0.6) is 0 Å². The van der Waals surface area contributed by atoms with Crippen molar-refractivity contribution in [3.8, 4) is 11.3 Å². The molecule has 2 heterocycles. The molecule has 7 heteroatoms. The number of aromatic nitrogens is 3. The van der Waals surface area contributed by atoms with Gasteiger partial charge in [0.05, 0.1) is 11.4 Å². The molecule has 0 aliphatic heterocycles. The summed E-state index contributed by atoms with van der Waals surface area (Å²) in [6.07, 6.45) is 1.90. The molecule has 0 radical (unpaired) electrons. The Balaban J connectivity index is 2.05. The molecule has 1 aromatic carbocycles. The standard InChI is InChI=1S/C16H11ClN4O2/c17-14-10-11(6-8-18-14)13-7-9-19-15(20-13)21(16(22)23)12-4-2-1-3-5-12/h1-10H,(H,22,23). The molecular formula is C16H11ClN4O2. The van der Waals surface area contributed by atoms with Crippen molar-refractivity contribution in [2.24, 2.45) is 0 Å². The van der Waals surface area contributed by atoms with Gasteiger partial charge in [-0.15, -0.1) is 0 Å². The fraction of sp³-hybridized carbons (Fsp3) is 0. The Morgan fingerprint density at radius 3 is 2.48 bits per heavy atom. The molecule has 3 aromatic rings. The summed E-state index contributed by atoms with van der Waals surface area (Å²) in [5, 5.41) is 9.83. The first-order chi connectivity index (χ1) is 11.1. The largest absolute Gasteiger partial charge is 0.464 e. The highest BCUT2D eigenvalue weighted by atomic mass is 35.5. The summed E-state index contributed by atoms with van der Waals surface area (Å²) in [4.78, 5) is 25.0. The van der Waals surface area contributed by atoms with Crippen molar-refractivity contribution in [3.05, 3.63) is 66.1 Å². The molecule has 2 aromatic heterocycles. The van der Waals surface area contributed by atoms with E-state index in [0.717, 1.165) is 10.5 Å². The maximum Gasteiger partial charge on any atom is 0.418 e. The lowest BCUT2D eigenvalue weighted by Crippen LogP contribution is -2.25. The van der Waals surface area contributed by atoms with E-state index in [4.69, 9.17) is 11.6 Å². The van der Waals surface area contributed by atoms with Crippen LogP contribution in [-0.4, -0.2) is 26.2 Å². The second-order valence-electron chi connectivity index (χ2n) is 4.56. The van der Waals surface area contributed by atoms with Crippen LogP contribution in [0.3, 0.4) is 0 Å². The summed E-state index contributed by atoms with van der Waals surface area (Å²) in [6.45, 7) is 0. The molecule has 114 valence electrons. The van der Waals surface area contributed by atoms with Gasteiger partial charge in [-0.2, -0.15) is 0 Å². The number of nitrogens with zero attached hydrogens (tertiary/aromatic N) is 4. The molecule has 0 aliphatic carbocycles. The quantitative estimate of drug-likeness (QED) is 0.736. The number of halogens is 1. The molecule has 0 fully saturated rings. The minimum absolute atomic E-state index is 0.0640. The highest BCUT2D eigenvalue weighted by Gasteiger charge is 2.20.